The summed E-state index contributed by atoms with van der Waals surface area (Å²) in [5.74, 6) is 0. The van der Waals surface area contributed by atoms with Crippen LogP contribution in [0.2, 0.25) is 0 Å². The molecule has 0 radical (unpaired) electrons. The Bertz CT molecular complexity index is 7930. The van der Waals surface area contributed by atoms with Crippen molar-refractivity contribution >= 4 is 131 Å². The molecule has 8 nitrogen and oxygen atoms in total. The molecule has 0 bridgehead atoms. The Balaban J connectivity index is 0.000000137. The van der Waals surface area contributed by atoms with E-state index in [9.17, 15) is 0 Å². The van der Waals surface area contributed by atoms with Crippen molar-refractivity contribution in [3.63, 3.8) is 0 Å². The van der Waals surface area contributed by atoms with Crippen LogP contribution in [0.3, 0.4) is 0 Å². The third-order valence-corrected chi connectivity index (χ3v) is 24.7. The van der Waals surface area contributed by atoms with Gasteiger partial charge in [-0.1, -0.05) is 206 Å². The molecule has 560 valence electrons. The van der Waals surface area contributed by atoms with E-state index in [-0.39, 0.29) is 0 Å². The number of para-hydroxylation sites is 8. The van der Waals surface area contributed by atoms with Crippen molar-refractivity contribution in [1.82, 2.24) is 37.4 Å². The van der Waals surface area contributed by atoms with Gasteiger partial charge in [-0.3, -0.25) is 9.97 Å². The molecule has 0 atom stereocenters. The molecule has 0 amide bonds. The van der Waals surface area contributed by atoms with Crippen LogP contribution in [0.1, 0.15) is 0 Å². The highest BCUT2D eigenvalue weighted by atomic mass is 15.0. The van der Waals surface area contributed by atoms with Crippen molar-refractivity contribution < 1.29 is 0 Å². The molecule has 0 saturated carbocycles. The number of hydrogen-bond donors (Lipinski definition) is 0. The Kier molecular flexibility index (Phi) is 15.8. The first-order valence-corrected chi connectivity index (χ1v) is 41.0. The van der Waals surface area contributed by atoms with E-state index in [4.69, 9.17) is 0 Å². The molecule has 8 heteroatoms. The lowest BCUT2D eigenvalue weighted by atomic mass is 9.98. The van der Waals surface area contributed by atoms with Crippen LogP contribution in [0, 0.1) is 0 Å². The number of pyridine rings is 2. The van der Waals surface area contributed by atoms with E-state index in [1.165, 1.54) is 192 Å². The summed E-state index contributed by atoms with van der Waals surface area (Å²) in [4.78, 5) is 8.57. The van der Waals surface area contributed by atoms with E-state index in [2.05, 4.69) is 450 Å². The van der Waals surface area contributed by atoms with Crippen LogP contribution >= 0.6 is 0 Å². The zero-order valence-electron chi connectivity index (χ0n) is 65.1. The monoisotopic (exact) mass is 1530 g/mol. The van der Waals surface area contributed by atoms with Crippen molar-refractivity contribution in [2.45, 2.75) is 0 Å². The van der Waals surface area contributed by atoms with Gasteiger partial charge in [0, 0.05) is 124 Å². The molecule has 0 spiro atoms. The van der Waals surface area contributed by atoms with Crippen LogP contribution in [0.15, 0.2) is 437 Å². The van der Waals surface area contributed by atoms with E-state index in [0.717, 1.165) is 28.3 Å². The van der Waals surface area contributed by atoms with Gasteiger partial charge in [0.15, 0.2) is 0 Å². The summed E-state index contributed by atoms with van der Waals surface area (Å²) in [6.07, 6.45) is 7.45. The Morgan fingerprint density at radius 1 is 0.117 bits per heavy atom. The Hall–Kier alpha value is -16.2. The van der Waals surface area contributed by atoms with Gasteiger partial charge >= 0.3 is 0 Å². The van der Waals surface area contributed by atoms with Gasteiger partial charge in [-0.15, -0.1) is 0 Å². The molecule has 8 aromatic heterocycles. The second-order valence-corrected chi connectivity index (χ2v) is 31.3. The van der Waals surface area contributed by atoms with Gasteiger partial charge in [-0.25, -0.2) is 0 Å². The lowest BCUT2D eigenvalue weighted by Gasteiger charge is -2.11. The number of benzene rings is 17. The van der Waals surface area contributed by atoms with Gasteiger partial charge in [0.1, 0.15) is 0 Å². The second-order valence-electron chi connectivity index (χ2n) is 31.3. The maximum absolute atomic E-state index is 4.34. The van der Waals surface area contributed by atoms with Crippen LogP contribution in [0.25, 0.3) is 221 Å². The number of nitrogens with zero attached hydrogens (tertiary/aromatic N) is 8. The number of aromatic nitrogens is 8. The predicted octanol–water partition coefficient (Wildman–Crippen LogP) is 29.1. The molecule has 0 unspecified atom stereocenters. The van der Waals surface area contributed by atoms with E-state index >= 15 is 0 Å². The Morgan fingerprint density at radius 3 is 0.525 bits per heavy atom. The lowest BCUT2D eigenvalue weighted by Crippen LogP contribution is -1.94. The van der Waals surface area contributed by atoms with Gasteiger partial charge in [-0.05, 0) is 262 Å². The third kappa shape index (κ3) is 11.1. The standard InChI is InChI=1S/C59H38N4.C53H34N4/c1-3-11-45(12-4-1)61-54-17-9-7-15-48(54)50-35-41(21-27-56(50)61)43-23-29-58-52(37-43)53-38-44(24-30-59(53)63(58)47-25-19-39(20-26-47)40-31-33-60-34-32-40)42-22-28-57-51(36-42)49-16-8-10-18-55(49)62(57)46-13-5-2-6-14-46;1-3-11-39(12-4-1)55-48-17-9-7-15-42(48)44-31-35(19-23-50(44)55)37-21-25-52-46(33-37)47-34-38(22-26-53(47)57(52)41-27-29-54-30-28-41)36-20-24-51-45(32-36)43-16-8-10-18-49(43)56(51)40-13-5-2-6-14-40/h1-38H;1-34H. The Morgan fingerprint density at radius 2 is 0.283 bits per heavy atom. The maximum atomic E-state index is 4.34. The number of rotatable bonds is 11. The van der Waals surface area contributed by atoms with E-state index < -0.39 is 0 Å². The summed E-state index contributed by atoms with van der Waals surface area (Å²) in [6, 6.07) is 150. The molecule has 0 saturated heterocycles. The van der Waals surface area contributed by atoms with Crippen molar-refractivity contribution in [3.05, 3.63) is 437 Å². The van der Waals surface area contributed by atoms with Crippen molar-refractivity contribution in [2.75, 3.05) is 0 Å². The number of fused-ring (bicyclic) bond motifs is 18. The first-order valence-electron chi connectivity index (χ1n) is 41.0. The minimum Gasteiger partial charge on any atom is -0.309 e. The highest BCUT2D eigenvalue weighted by Gasteiger charge is 2.23. The average Bonchev–Trinajstić information content (AvgIpc) is 1.63. The average molecular weight is 1530 g/mol. The largest absolute Gasteiger partial charge is 0.309 e. The summed E-state index contributed by atoms with van der Waals surface area (Å²) >= 11 is 0. The fourth-order valence-electron chi connectivity index (χ4n) is 19.2. The normalized spacial score (nSPS) is 11.8. The fourth-order valence-corrected chi connectivity index (χ4v) is 19.2. The fraction of sp³-hybridized carbons (Fsp3) is 0. The highest BCUT2D eigenvalue weighted by molar-refractivity contribution is 6.18. The van der Waals surface area contributed by atoms with E-state index in [1.807, 2.05) is 24.8 Å². The summed E-state index contributed by atoms with van der Waals surface area (Å²) in [5, 5.41) is 14.9. The minimum atomic E-state index is 1.09. The molecule has 17 aromatic carbocycles. The van der Waals surface area contributed by atoms with Gasteiger partial charge < -0.3 is 27.4 Å². The minimum absolute atomic E-state index is 1.09. The summed E-state index contributed by atoms with van der Waals surface area (Å²) in [5.41, 5.74) is 33.1. The molecular formula is C112H72N8. The van der Waals surface area contributed by atoms with E-state index in [0.29, 0.717) is 0 Å². The summed E-state index contributed by atoms with van der Waals surface area (Å²) in [7, 11) is 0. The molecule has 120 heavy (non-hydrogen) atoms. The van der Waals surface area contributed by atoms with Crippen LogP contribution in [-0.4, -0.2) is 37.4 Å². The SMILES string of the molecule is c1ccc(-n2c3ccccc3c3cc(-c4ccc5c(c4)c4cc(-c6ccc7c(c6)c6ccccc6n7-c6ccccc6)ccc4n5-c4ccc(-c5ccncc5)cc4)ccc32)cc1.c1ccc(-n2c3ccccc3c3cc(-c4ccc5c(c4)c4cc(-c6ccc7c(c6)c6ccccc6n7-c6ccccc6)ccc4n5-c4ccncc4)ccc32)cc1. The molecule has 8 heterocycles. The van der Waals surface area contributed by atoms with Crippen LogP contribution in [0.4, 0.5) is 0 Å². The van der Waals surface area contributed by atoms with Crippen molar-refractivity contribution in [1.29, 1.82) is 0 Å². The van der Waals surface area contributed by atoms with Crippen LogP contribution in [0.5, 0.6) is 0 Å². The first-order chi connectivity index (χ1) is 59.5. The molecule has 25 aromatic rings. The molecule has 0 aliphatic carbocycles. The zero-order valence-corrected chi connectivity index (χ0v) is 65.1. The van der Waals surface area contributed by atoms with Crippen molar-refractivity contribution in [3.8, 4) is 89.8 Å². The topological polar surface area (TPSA) is 55.4 Å². The van der Waals surface area contributed by atoms with Gasteiger partial charge in [0.05, 0.1) is 66.2 Å². The lowest BCUT2D eigenvalue weighted by molar-refractivity contribution is 1.16. The third-order valence-electron chi connectivity index (χ3n) is 24.7. The number of hydrogen-bond acceptors (Lipinski definition) is 2. The van der Waals surface area contributed by atoms with Crippen molar-refractivity contribution in [2.24, 2.45) is 0 Å². The van der Waals surface area contributed by atoms with Gasteiger partial charge in [-0.2, -0.15) is 0 Å². The first kappa shape index (κ1) is 68.3. The molecular weight excluding hydrogens is 1460 g/mol. The predicted molar refractivity (Wildman–Crippen MR) is 502 cm³/mol. The van der Waals surface area contributed by atoms with Crippen LogP contribution < -0.4 is 0 Å². The highest BCUT2D eigenvalue weighted by Crippen LogP contribution is 2.45. The van der Waals surface area contributed by atoms with Crippen LogP contribution in [-0.2, 0) is 0 Å². The Labute approximate surface area is 690 Å². The zero-order chi connectivity index (χ0) is 78.9. The van der Waals surface area contributed by atoms with Gasteiger partial charge in [0.2, 0.25) is 0 Å². The second kappa shape index (κ2) is 27.8. The van der Waals surface area contributed by atoms with Gasteiger partial charge in [0.25, 0.3) is 0 Å². The molecule has 0 aliphatic heterocycles. The summed E-state index contributed by atoms with van der Waals surface area (Å²) in [6.45, 7) is 0. The molecule has 25 rings (SSSR count). The quantitative estimate of drug-likeness (QED) is 0.130. The smallest absolute Gasteiger partial charge is 0.0541 e. The molecule has 0 N–H and O–H groups in total. The van der Waals surface area contributed by atoms with E-state index in [1.54, 1.807) is 0 Å². The molecule has 0 fully saturated rings. The molecule has 0 aliphatic rings. The maximum Gasteiger partial charge on any atom is 0.0541 e. The summed E-state index contributed by atoms with van der Waals surface area (Å²) < 4.78 is 14.3.